The van der Waals surface area contributed by atoms with Gasteiger partial charge in [-0.1, -0.05) is 12.2 Å². The van der Waals surface area contributed by atoms with Crippen LogP contribution in [0.3, 0.4) is 0 Å². The molecule has 1 saturated heterocycles. The van der Waals surface area contributed by atoms with Crippen LogP contribution in [0.2, 0.25) is 0 Å². The van der Waals surface area contributed by atoms with Crippen molar-refractivity contribution in [1.29, 1.82) is 0 Å². The Morgan fingerprint density at radius 2 is 2.10 bits per heavy atom. The number of nitrogens with one attached hydrogen (secondary N) is 1. The van der Waals surface area contributed by atoms with Gasteiger partial charge >= 0.3 is 0 Å². The number of hydrogen-bond donors (Lipinski definition) is 2. The first kappa shape index (κ1) is 16.3. The highest BCUT2D eigenvalue weighted by molar-refractivity contribution is 7.80. The minimum Gasteiger partial charge on any atom is -0.392 e. The summed E-state index contributed by atoms with van der Waals surface area (Å²) in [5, 5.41) is 4.05. The van der Waals surface area contributed by atoms with Crippen LogP contribution in [0.15, 0.2) is 0 Å². The highest BCUT2D eigenvalue weighted by atomic mass is 32.1. The van der Waals surface area contributed by atoms with E-state index in [-0.39, 0.29) is 16.9 Å². The summed E-state index contributed by atoms with van der Waals surface area (Å²) in [6.07, 6.45) is 1.09. The summed E-state index contributed by atoms with van der Waals surface area (Å²) >= 11 is 6.76. The van der Waals surface area contributed by atoms with Crippen LogP contribution in [0.5, 0.6) is 0 Å². The van der Waals surface area contributed by atoms with Crippen LogP contribution in [0.25, 0.3) is 0 Å². The second kappa shape index (κ2) is 6.37. The number of nitrogens with zero attached hydrogens (tertiary/aromatic N) is 1. The molecular weight excluding hydrogens is 306 g/mol. The first-order chi connectivity index (χ1) is 9.86. The quantitative estimate of drug-likeness (QED) is 0.827. The molecule has 21 heavy (non-hydrogen) atoms. The zero-order valence-electron chi connectivity index (χ0n) is 12.6. The average molecular weight is 327 g/mol. The number of ether oxygens (including phenoxy) is 1. The molecule has 0 saturated carbocycles. The molecule has 0 bridgehead atoms. The molecule has 0 radical (unpaired) electrons. The molecule has 1 unspecified atom stereocenters. The van der Waals surface area contributed by atoms with E-state index >= 15 is 0 Å². The van der Waals surface area contributed by atoms with Crippen molar-refractivity contribution in [2.24, 2.45) is 11.1 Å². The van der Waals surface area contributed by atoms with Crippen molar-refractivity contribution >= 4 is 34.5 Å². The Kier molecular flexibility index (Phi) is 4.95. The maximum Gasteiger partial charge on any atom is 0.233 e. The van der Waals surface area contributed by atoms with Crippen LogP contribution in [0.1, 0.15) is 41.4 Å². The maximum atomic E-state index is 12.7. The molecule has 7 heteroatoms. The molecule has 0 aliphatic carbocycles. The van der Waals surface area contributed by atoms with E-state index in [1.54, 1.807) is 11.3 Å². The molecule has 1 fully saturated rings. The largest absolute Gasteiger partial charge is 0.392 e. The lowest BCUT2D eigenvalue weighted by Gasteiger charge is -2.35. The van der Waals surface area contributed by atoms with Crippen molar-refractivity contribution in [2.45, 2.75) is 39.7 Å². The maximum absolute atomic E-state index is 12.7. The first-order valence-corrected chi connectivity index (χ1v) is 8.22. The number of hydrogen-bond acceptors (Lipinski definition) is 5. The number of carbonyl (C=O) groups is 1. The topological polar surface area (TPSA) is 77.2 Å². The van der Waals surface area contributed by atoms with E-state index in [1.807, 2.05) is 20.8 Å². The number of thiazole rings is 1. The SMILES string of the molecule is Cc1nc(C)c(C(C)NC(=O)C2(C(N)=S)CCOCC2)s1. The molecule has 3 N–H and O–H groups in total. The number of nitrogens with two attached hydrogens (primary N) is 1. The number of aromatic nitrogens is 1. The molecule has 116 valence electrons. The van der Waals surface area contributed by atoms with Gasteiger partial charge in [0.15, 0.2) is 0 Å². The second-order valence-electron chi connectivity index (χ2n) is 5.44. The van der Waals surface area contributed by atoms with Gasteiger partial charge in [-0.15, -0.1) is 11.3 Å². The van der Waals surface area contributed by atoms with Crippen LogP contribution in [0, 0.1) is 19.3 Å². The van der Waals surface area contributed by atoms with Crippen molar-refractivity contribution in [3.8, 4) is 0 Å². The molecule has 1 aliphatic rings. The lowest BCUT2D eigenvalue weighted by molar-refractivity contribution is -0.132. The Bertz CT molecular complexity index is 550. The first-order valence-electron chi connectivity index (χ1n) is 6.99. The molecule has 1 aliphatic heterocycles. The molecule has 1 aromatic heterocycles. The third-order valence-corrected chi connectivity index (χ3v) is 5.58. The molecule has 5 nitrogen and oxygen atoms in total. The zero-order chi connectivity index (χ0) is 15.6. The summed E-state index contributed by atoms with van der Waals surface area (Å²) in [6, 6.07) is -0.0993. The highest BCUT2D eigenvalue weighted by Gasteiger charge is 2.43. The normalized spacial score (nSPS) is 19.0. The molecule has 0 aromatic carbocycles. The molecule has 1 aromatic rings. The van der Waals surface area contributed by atoms with E-state index in [0.717, 1.165) is 15.6 Å². The fraction of sp³-hybridized carbons (Fsp3) is 0.643. The minimum atomic E-state index is -0.782. The number of rotatable bonds is 4. The second-order valence-corrected chi connectivity index (χ2v) is 7.11. The van der Waals surface area contributed by atoms with Crippen LogP contribution in [0.4, 0.5) is 0 Å². The lowest BCUT2D eigenvalue weighted by atomic mass is 9.79. The average Bonchev–Trinajstić information content (AvgIpc) is 2.78. The van der Waals surface area contributed by atoms with Gasteiger partial charge in [0, 0.05) is 18.1 Å². The van der Waals surface area contributed by atoms with Gasteiger partial charge in [-0.05, 0) is 33.6 Å². The highest BCUT2D eigenvalue weighted by Crippen LogP contribution is 2.33. The summed E-state index contributed by atoms with van der Waals surface area (Å²) in [7, 11) is 0. The summed E-state index contributed by atoms with van der Waals surface area (Å²) in [5.41, 5.74) is 6.03. The number of amides is 1. The van der Waals surface area contributed by atoms with Crippen LogP contribution < -0.4 is 11.1 Å². The summed E-state index contributed by atoms with van der Waals surface area (Å²) in [4.78, 5) is 18.4. The number of carbonyl (C=O) groups excluding carboxylic acids is 1. The van der Waals surface area contributed by atoms with E-state index in [2.05, 4.69) is 10.3 Å². The van der Waals surface area contributed by atoms with Crippen molar-refractivity contribution in [2.75, 3.05) is 13.2 Å². The van der Waals surface area contributed by atoms with Crippen molar-refractivity contribution in [3.05, 3.63) is 15.6 Å². The monoisotopic (exact) mass is 327 g/mol. The van der Waals surface area contributed by atoms with Crippen LogP contribution >= 0.6 is 23.6 Å². The number of thiocarbonyl (C=S) groups is 1. The molecule has 0 spiro atoms. The Hall–Kier alpha value is -1.05. The smallest absolute Gasteiger partial charge is 0.233 e. The van der Waals surface area contributed by atoms with E-state index in [9.17, 15) is 4.79 Å². The Morgan fingerprint density at radius 3 is 2.57 bits per heavy atom. The Balaban J connectivity index is 2.15. The van der Waals surface area contributed by atoms with E-state index in [4.69, 9.17) is 22.7 Å². The Labute approximate surface area is 134 Å². The molecule has 2 rings (SSSR count). The fourth-order valence-corrected chi connectivity index (χ4v) is 3.88. The van der Waals surface area contributed by atoms with Crippen molar-refractivity contribution < 1.29 is 9.53 Å². The summed E-state index contributed by atoms with van der Waals surface area (Å²) in [5.74, 6) is -0.101. The third kappa shape index (κ3) is 3.25. The minimum absolute atomic E-state index is 0.0993. The lowest BCUT2D eigenvalue weighted by Crippen LogP contribution is -2.52. The van der Waals surface area contributed by atoms with Crippen molar-refractivity contribution in [1.82, 2.24) is 10.3 Å². The van der Waals surface area contributed by atoms with Crippen LogP contribution in [-0.4, -0.2) is 29.1 Å². The fourth-order valence-electron chi connectivity index (χ4n) is 2.65. The van der Waals surface area contributed by atoms with E-state index in [0.29, 0.717) is 26.1 Å². The van der Waals surface area contributed by atoms with Crippen LogP contribution in [-0.2, 0) is 9.53 Å². The van der Waals surface area contributed by atoms with Gasteiger partial charge in [-0.3, -0.25) is 4.79 Å². The van der Waals surface area contributed by atoms with Gasteiger partial charge in [0.25, 0.3) is 0 Å². The standard InChI is InChI=1S/C14H21N3O2S2/c1-8-11(21-10(3)16-8)9(2)17-13(18)14(12(15)20)4-6-19-7-5-14/h9H,4-7H2,1-3H3,(H2,15,20)(H,17,18). The molecular formula is C14H21N3O2S2. The molecule has 2 heterocycles. The van der Waals surface area contributed by atoms with Gasteiger partial charge in [-0.2, -0.15) is 0 Å². The van der Waals surface area contributed by atoms with E-state index < -0.39 is 5.41 Å². The predicted molar refractivity (Wildman–Crippen MR) is 87.4 cm³/mol. The van der Waals surface area contributed by atoms with Gasteiger partial charge in [0.2, 0.25) is 5.91 Å². The van der Waals surface area contributed by atoms with E-state index in [1.165, 1.54) is 0 Å². The van der Waals surface area contributed by atoms with Gasteiger partial charge in [0.05, 0.1) is 21.7 Å². The number of aryl methyl sites for hydroxylation is 2. The molecule has 1 amide bonds. The summed E-state index contributed by atoms with van der Waals surface area (Å²) < 4.78 is 5.33. The zero-order valence-corrected chi connectivity index (χ0v) is 14.2. The summed E-state index contributed by atoms with van der Waals surface area (Å²) in [6.45, 7) is 6.91. The Morgan fingerprint density at radius 1 is 1.48 bits per heavy atom. The van der Waals surface area contributed by atoms with Gasteiger partial charge in [0.1, 0.15) is 5.41 Å². The predicted octanol–water partition coefficient (Wildman–Crippen LogP) is 2.02. The third-order valence-electron chi connectivity index (χ3n) is 3.93. The van der Waals surface area contributed by atoms with Gasteiger partial charge < -0.3 is 15.8 Å². The van der Waals surface area contributed by atoms with Gasteiger partial charge in [-0.25, -0.2) is 4.98 Å². The van der Waals surface area contributed by atoms with Crippen molar-refractivity contribution in [3.63, 3.8) is 0 Å². The molecule has 1 atom stereocenters.